The molecule has 0 bridgehead atoms. The topological polar surface area (TPSA) is 64.4 Å². The minimum absolute atomic E-state index is 0.0812. The van der Waals surface area contributed by atoms with Crippen LogP contribution in [0.2, 0.25) is 5.02 Å². The molecule has 0 aliphatic carbocycles. The van der Waals surface area contributed by atoms with Crippen LogP contribution in [0.25, 0.3) is 11.0 Å². The van der Waals surface area contributed by atoms with E-state index in [1.54, 1.807) is 24.3 Å². The Hall–Kier alpha value is -1.65. The van der Waals surface area contributed by atoms with E-state index < -0.39 is 15.8 Å². The van der Waals surface area contributed by atoms with E-state index in [0.717, 1.165) is 37.8 Å². The lowest BCUT2D eigenvalue weighted by atomic mass is 10.2. The summed E-state index contributed by atoms with van der Waals surface area (Å²) in [5.41, 5.74) is 1.96. The molecule has 0 saturated carbocycles. The smallest absolute Gasteiger partial charge is 0.243 e. The molecule has 176 valence electrons. The van der Waals surface area contributed by atoms with E-state index in [1.807, 2.05) is 6.07 Å². The molecule has 0 unspecified atom stereocenters. The Bertz CT molecular complexity index is 1270. The summed E-state index contributed by atoms with van der Waals surface area (Å²) in [7, 11) is -3.53. The van der Waals surface area contributed by atoms with Gasteiger partial charge in [-0.15, -0.1) is 0 Å². The molecule has 2 aliphatic rings. The Morgan fingerprint density at radius 2 is 2.00 bits per heavy atom. The fourth-order valence-electron chi connectivity index (χ4n) is 4.41. The fraction of sp³-hybridized carbons (Fsp3) is 0.435. The molecule has 0 spiro atoms. The van der Waals surface area contributed by atoms with Gasteiger partial charge >= 0.3 is 0 Å². The van der Waals surface area contributed by atoms with Crippen molar-refractivity contribution in [2.75, 3.05) is 19.7 Å². The standard InChI is InChI=1S/C23H25ClFN3O3S2/c24-19-7-3-5-16(22(19)25)15-32-23-26-20-13-18(33(29,30)27-10-1-2-11-27)8-9-21(20)28(23)14-17-6-4-12-31-17/h3,5,7-9,13,17H,1-2,4,6,10-12,14-15H2/t17-/m0/s1. The van der Waals surface area contributed by atoms with Crippen LogP contribution < -0.4 is 0 Å². The molecule has 3 aromatic rings. The van der Waals surface area contributed by atoms with Crippen molar-refractivity contribution in [2.45, 2.75) is 54.1 Å². The number of fused-ring (bicyclic) bond motifs is 1. The highest BCUT2D eigenvalue weighted by molar-refractivity contribution is 7.98. The molecule has 1 atom stereocenters. The summed E-state index contributed by atoms with van der Waals surface area (Å²) in [5.74, 6) is -0.0624. The molecule has 2 fully saturated rings. The summed E-state index contributed by atoms with van der Waals surface area (Å²) < 4.78 is 49.9. The number of nitrogens with zero attached hydrogens (tertiary/aromatic N) is 3. The second kappa shape index (κ2) is 9.54. The van der Waals surface area contributed by atoms with Gasteiger partial charge in [0.1, 0.15) is 5.82 Å². The molecule has 1 aromatic heterocycles. The van der Waals surface area contributed by atoms with Crippen LogP contribution in [0.15, 0.2) is 46.5 Å². The first kappa shape index (κ1) is 23.1. The highest BCUT2D eigenvalue weighted by Gasteiger charge is 2.28. The van der Waals surface area contributed by atoms with E-state index in [0.29, 0.717) is 41.6 Å². The summed E-state index contributed by atoms with van der Waals surface area (Å²) >= 11 is 7.34. The number of rotatable bonds is 7. The molecular weight excluding hydrogens is 485 g/mol. The molecule has 3 heterocycles. The number of hydrogen-bond donors (Lipinski definition) is 0. The molecule has 2 aromatic carbocycles. The third-order valence-corrected chi connectivity index (χ3v) is 9.40. The molecule has 10 heteroatoms. The molecule has 0 N–H and O–H groups in total. The van der Waals surface area contributed by atoms with Crippen LogP contribution in [-0.4, -0.2) is 48.1 Å². The Morgan fingerprint density at radius 3 is 2.76 bits per heavy atom. The predicted molar refractivity (Wildman–Crippen MR) is 128 cm³/mol. The van der Waals surface area contributed by atoms with Crippen molar-refractivity contribution in [1.29, 1.82) is 0 Å². The number of halogens is 2. The van der Waals surface area contributed by atoms with Crippen LogP contribution in [0.3, 0.4) is 0 Å². The maximum Gasteiger partial charge on any atom is 0.243 e. The SMILES string of the molecule is O=S(=O)(c1ccc2c(c1)nc(SCc1cccc(Cl)c1F)n2C[C@@H]1CCCO1)N1CCCC1. The number of sulfonamides is 1. The molecule has 5 rings (SSSR count). The largest absolute Gasteiger partial charge is 0.376 e. The van der Waals surface area contributed by atoms with Crippen LogP contribution in [-0.2, 0) is 27.1 Å². The van der Waals surface area contributed by atoms with Gasteiger partial charge in [-0.25, -0.2) is 17.8 Å². The summed E-state index contributed by atoms with van der Waals surface area (Å²) in [6, 6.07) is 10.1. The average molecular weight is 510 g/mol. The van der Waals surface area contributed by atoms with Crippen LogP contribution in [0.1, 0.15) is 31.2 Å². The number of benzene rings is 2. The average Bonchev–Trinajstić information content (AvgIpc) is 3.57. The Morgan fingerprint density at radius 1 is 1.18 bits per heavy atom. The Kier molecular flexibility index (Phi) is 6.68. The molecule has 6 nitrogen and oxygen atoms in total. The van der Waals surface area contributed by atoms with Gasteiger partial charge in [-0.1, -0.05) is 35.5 Å². The first-order valence-corrected chi connectivity index (χ1v) is 13.9. The normalized spacial score (nSPS) is 19.6. The van der Waals surface area contributed by atoms with Gasteiger partial charge in [0.15, 0.2) is 5.16 Å². The molecule has 2 saturated heterocycles. The Balaban J connectivity index is 1.49. The van der Waals surface area contributed by atoms with Crippen molar-refractivity contribution in [3.8, 4) is 0 Å². The predicted octanol–water partition coefficient (Wildman–Crippen LogP) is 5.08. The number of ether oxygens (including phenoxy) is 1. The van der Waals surface area contributed by atoms with Crippen LogP contribution in [0, 0.1) is 5.82 Å². The third kappa shape index (κ3) is 4.66. The first-order chi connectivity index (χ1) is 15.9. The van der Waals surface area contributed by atoms with Crippen LogP contribution in [0.5, 0.6) is 0 Å². The van der Waals surface area contributed by atoms with Crippen molar-refractivity contribution >= 4 is 44.4 Å². The monoisotopic (exact) mass is 509 g/mol. The van der Waals surface area contributed by atoms with Crippen LogP contribution in [0.4, 0.5) is 4.39 Å². The zero-order chi connectivity index (χ0) is 23.0. The van der Waals surface area contributed by atoms with Gasteiger partial charge in [0.2, 0.25) is 10.0 Å². The number of hydrogen-bond acceptors (Lipinski definition) is 5. The van der Waals surface area contributed by atoms with Gasteiger partial charge in [-0.05, 0) is 55.5 Å². The van der Waals surface area contributed by atoms with Crippen molar-refractivity contribution < 1.29 is 17.5 Å². The third-order valence-electron chi connectivity index (χ3n) is 6.19. The fourth-order valence-corrected chi connectivity index (χ4v) is 7.14. The van der Waals surface area contributed by atoms with Crippen molar-refractivity contribution in [2.24, 2.45) is 0 Å². The zero-order valence-corrected chi connectivity index (χ0v) is 20.4. The summed E-state index contributed by atoms with van der Waals surface area (Å²) in [4.78, 5) is 5.01. The number of thioether (sulfide) groups is 1. The van der Waals surface area contributed by atoms with Gasteiger partial charge in [0, 0.05) is 25.4 Å². The van der Waals surface area contributed by atoms with Crippen molar-refractivity contribution in [1.82, 2.24) is 13.9 Å². The minimum Gasteiger partial charge on any atom is -0.376 e. The lowest BCUT2D eigenvalue weighted by molar-refractivity contribution is 0.0960. The van der Waals surface area contributed by atoms with E-state index in [1.165, 1.54) is 22.1 Å². The maximum absolute atomic E-state index is 14.4. The first-order valence-electron chi connectivity index (χ1n) is 11.1. The van der Waals surface area contributed by atoms with E-state index in [-0.39, 0.29) is 16.0 Å². The highest BCUT2D eigenvalue weighted by Crippen LogP contribution is 2.32. The van der Waals surface area contributed by atoms with E-state index in [2.05, 4.69) is 4.57 Å². The molecule has 0 amide bonds. The summed E-state index contributed by atoms with van der Waals surface area (Å²) in [6.07, 6.45) is 3.84. The van der Waals surface area contributed by atoms with Gasteiger partial charge in [0.05, 0.1) is 33.6 Å². The summed E-state index contributed by atoms with van der Waals surface area (Å²) in [5, 5.41) is 0.799. The number of imidazole rings is 1. The molecular formula is C23H25ClFN3O3S2. The van der Waals surface area contributed by atoms with Gasteiger partial charge in [-0.3, -0.25) is 0 Å². The van der Waals surface area contributed by atoms with E-state index in [9.17, 15) is 12.8 Å². The van der Waals surface area contributed by atoms with E-state index >= 15 is 0 Å². The Labute approximate surface area is 202 Å². The second-order valence-corrected chi connectivity index (χ2v) is 11.7. The zero-order valence-electron chi connectivity index (χ0n) is 18.0. The van der Waals surface area contributed by atoms with Gasteiger partial charge in [-0.2, -0.15) is 4.31 Å². The van der Waals surface area contributed by atoms with Gasteiger partial charge in [0.25, 0.3) is 0 Å². The number of aromatic nitrogens is 2. The molecule has 0 radical (unpaired) electrons. The minimum atomic E-state index is -3.53. The quantitative estimate of drug-likeness (QED) is 0.415. The molecule has 33 heavy (non-hydrogen) atoms. The maximum atomic E-state index is 14.4. The van der Waals surface area contributed by atoms with Crippen molar-refractivity contribution in [3.63, 3.8) is 0 Å². The van der Waals surface area contributed by atoms with Crippen molar-refractivity contribution in [3.05, 3.63) is 52.8 Å². The summed E-state index contributed by atoms with van der Waals surface area (Å²) in [6.45, 7) is 2.47. The van der Waals surface area contributed by atoms with E-state index in [4.69, 9.17) is 21.3 Å². The van der Waals surface area contributed by atoms with Crippen LogP contribution >= 0.6 is 23.4 Å². The lowest BCUT2D eigenvalue weighted by Crippen LogP contribution is -2.27. The lowest BCUT2D eigenvalue weighted by Gasteiger charge is -2.16. The van der Waals surface area contributed by atoms with Gasteiger partial charge < -0.3 is 9.30 Å². The molecule has 2 aliphatic heterocycles. The second-order valence-electron chi connectivity index (χ2n) is 8.40. The highest BCUT2D eigenvalue weighted by atomic mass is 35.5.